The Morgan fingerprint density at radius 1 is 0.944 bits per heavy atom. The van der Waals surface area contributed by atoms with E-state index in [1.165, 1.54) is 0 Å². The number of nitrogens with one attached hydrogen (secondary N) is 1. The van der Waals surface area contributed by atoms with Gasteiger partial charge in [-0.1, -0.05) is 18.2 Å². The maximum absolute atomic E-state index is 12.0. The monoisotopic (exact) mass is 239 g/mol. The smallest absolute Gasteiger partial charge is 0.256 e. The van der Waals surface area contributed by atoms with Gasteiger partial charge in [-0.2, -0.15) is 0 Å². The van der Waals surface area contributed by atoms with E-state index in [0.29, 0.717) is 22.4 Å². The molecule has 3 aromatic rings. The lowest BCUT2D eigenvalue weighted by atomic mass is 10.1. The van der Waals surface area contributed by atoms with Crippen LogP contribution in [0.15, 0.2) is 41.2 Å². The number of hydrogen-bond acceptors (Lipinski definition) is 3. The average molecular weight is 239 g/mol. The van der Waals surface area contributed by atoms with Crippen molar-refractivity contribution in [3.05, 3.63) is 46.8 Å². The Hall–Kier alpha value is -2.49. The van der Waals surface area contributed by atoms with E-state index in [-0.39, 0.29) is 12.4 Å². The molecular formula is C14H9NO3. The lowest BCUT2D eigenvalue weighted by Gasteiger charge is -2.05. The zero-order chi connectivity index (χ0) is 12.1. The molecule has 4 rings (SSSR count). The molecule has 1 aliphatic heterocycles. The maximum atomic E-state index is 12.0. The molecule has 0 spiro atoms. The van der Waals surface area contributed by atoms with Gasteiger partial charge in [0.05, 0.1) is 5.52 Å². The van der Waals surface area contributed by atoms with Gasteiger partial charge < -0.3 is 14.5 Å². The zero-order valence-corrected chi connectivity index (χ0v) is 9.40. The van der Waals surface area contributed by atoms with E-state index in [2.05, 4.69) is 4.98 Å². The maximum Gasteiger partial charge on any atom is 0.256 e. The number of aromatic nitrogens is 1. The summed E-state index contributed by atoms with van der Waals surface area (Å²) < 4.78 is 10.7. The van der Waals surface area contributed by atoms with Gasteiger partial charge in [0.2, 0.25) is 6.79 Å². The van der Waals surface area contributed by atoms with Crippen LogP contribution in [-0.2, 0) is 0 Å². The molecule has 1 N–H and O–H groups in total. The van der Waals surface area contributed by atoms with Gasteiger partial charge in [-0.15, -0.1) is 0 Å². The first-order chi connectivity index (χ1) is 8.84. The molecule has 0 radical (unpaired) electrons. The fraction of sp³-hybridized carbons (Fsp3) is 0.0714. The van der Waals surface area contributed by atoms with Crippen LogP contribution in [0.4, 0.5) is 0 Å². The number of aromatic amines is 1. The van der Waals surface area contributed by atoms with Gasteiger partial charge in [-0.05, 0) is 23.6 Å². The predicted octanol–water partition coefficient (Wildman–Crippen LogP) is 2.41. The largest absolute Gasteiger partial charge is 0.454 e. The summed E-state index contributed by atoms with van der Waals surface area (Å²) in [6.07, 6.45) is 0. The Kier molecular flexibility index (Phi) is 1.73. The molecule has 1 aliphatic rings. The normalized spacial score (nSPS) is 13.3. The van der Waals surface area contributed by atoms with E-state index in [1.54, 1.807) is 0 Å². The third-order valence-electron chi connectivity index (χ3n) is 3.24. The van der Waals surface area contributed by atoms with E-state index >= 15 is 0 Å². The SMILES string of the molecule is O=c1[nH]c2c3c(ccc2c2ccccc12)OCO3. The quantitative estimate of drug-likeness (QED) is 0.613. The zero-order valence-electron chi connectivity index (χ0n) is 9.40. The van der Waals surface area contributed by atoms with Gasteiger partial charge >= 0.3 is 0 Å². The van der Waals surface area contributed by atoms with Crippen molar-refractivity contribution in [3.8, 4) is 11.5 Å². The number of pyridine rings is 1. The minimum Gasteiger partial charge on any atom is -0.454 e. The molecule has 0 amide bonds. The van der Waals surface area contributed by atoms with Crippen molar-refractivity contribution in [1.29, 1.82) is 0 Å². The van der Waals surface area contributed by atoms with Crippen LogP contribution >= 0.6 is 0 Å². The molecule has 0 saturated carbocycles. The number of hydrogen-bond donors (Lipinski definition) is 1. The molecule has 2 heterocycles. The fourth-order valence-corrected chi connectivity index (χ4v) is 2.42. The van der Waals surface area contributed by atoms with Gasteiger partial charge in [-0.25, -0.2) is 0 Å². The van der Waals surface area contributed by atoms with E-state index in [1.807, 2.05) is 36.4 Å². The highest BCUT2D eigenvalue weighted by molar-refractivity contribution is 6.07. The molecule has 0 atom stereocenters. The molecule has 2 aromatic carbocycles. The van der Waals surface area contributed by atoms with Gasteiger partial charge in [0.25, 0.3) is 5.56 Å². The third-order valence-corrected chi connectivity index (χ3v) is 3.24. The van der Waals surface area contributed by atoms with Crippen molar-refractivity contribution < 1.29 is 9.47 Å². The molecule has 18 heavy (non-hydrogen) atoms. The first kappa shape index (κ1) is 9.53. The molecule has 0 aliphatic carbocycles. The second-order valence-corrected chi connectivity index (χ2v) is 4.22. The highest BCUT2D eigenvalue weighted by Gasteiger charge is 2.18. The van der Waals surface area contributed by atoms with Crippen LogP contribution in [0, 0.1) is 0 Å². The summed E-state index contributed by atoms with van der Waals surface area (Å²) in [5.41, 5.74) is 0.593. The van der Waals surface area contributed by atoms with Crippen molar-refractivity contribution in [3.63, 3.8) is 0 Å². The fourth-order valence-electron chi connectivity index (χ4n) is 2.42. The predicted molar refractivity (Wildman–Crippen MR) is 68.2 cm³/mol. The second kappa shape index (κ2) is 3.26. The first-order valence-electron chi connectivity index (χ1n) is 5.68. The lowest BCUT2D eigenvalue weighted by Crippen LogP contribution is -2.06. The van der Waals surface area contributed by atoms with Crippen LogP contribution in [0.3, 0.4) is 0 Å². The number of fused-ring (bicyclic) bond motifs is 5. The Labute approximate surface area is 102 Å². The topological polar surface area (TPSA) is 51.3 Å². The highest BCUT2D eigenvalue weighted by atomic mass is 16.7. The summed E-state index contributed by atoms with van der Waals surface area (Å²) in [6, 6.07) is 11.4. The van der Waals surface area contributed by atoms with Gasteiger partial charge in [0.1, 0.15) is 0 Å². The number of H-pyrrole nitrogens is 1. The second-order valence-electron chi connectivity index (χ2n) is 4.22. The van der Waals surface area contributed by atoms with Crippen molar-refractivity contribution in [2.75, 3.05) is 6.79 Å². The molecule has 0 fully saturated rings. The minimum atomic E-state index is -0.109. The summed E-state index contributed by atoms with van der Waals surface area (Å²) in [4.78, 5) is 14.9. The molecule has 4 nitrogen and oxygen atoms in total. The van der Waals surface area contributed by atoms with Crippen molar-refractivity contribution in [2.24, 2.45) is 0 Å². The van der Waals surface area contributed by atoms with Crippen LogP contribution in [-0.4, -0.2) is 11.8 Å². The van der Waals surface area contributed by atoms with E-state index < -0.39 is 0 Å². The summed E-state index contributed by atoms with van der Waals surface area (Å²) in [5, 5.41) is 2.58. The van der Waals surface area contributed by atoms with E-state index in [0.717, 1.165) is 10.8 Å². The summed E-state index contributed by atoms with van der Waals surface area (Å²) in [5.74, 6) is 1.30. The lowest BCUT2D eigenvalue weighted by molar-refractivity contribution is 0.174. The highest BCUT2D eigenvalue weighted by Crippen LogP contribution is 2.39. The van der Waals surface area contributed by atoms with Crippen LogP contribution in [0.2, 0.25) is 0 Å². The molecule has 0 bridgehead atoms. The first-order valence-corrected chi connectivity index (χ1v) is 5.68. The van der Waals surface area contributed by atoms with Crippen LogP contribution in [0.25, 0.3) is 21.7 Å². The molecule has 4 heteroatoms. The van der Waals surface area contributed by atoms with Gasteiger partial charge in [-0.3, -0.25) is 4.79 Å². The molecule has 0 saturated heterocycles. The number of benzene rings is 2. The molecular weight excluding hydrogens is 230 g/mol. The standard InChI is InChI=1S/C14H9NO3/c16-14-10-4-2-1-3-8(10)9-5-6-11-13(12(9)15-14)18-7-17-11/h1-6H,7H2,(H,15,16). The van der Waals surface area contributed by atoms with E-state index in [9.17, 15) is 4.79 Å². The third kappa shape index (κ3) is 1.12. The van der Waals surface area contributed by atoms with Crippen LogP contribution in [0.1, 0.15) is 0 Å². The Bertz CT molecular complexity index is 835. The Morgan fingerprint density at radius 2 is 1.78 bits per heavy atom. The Balaban J connectivity index is 2.29. The van der Waals surface area contributed by atoms with Gasteiger partial charge in [0, 0.05) is 10.8 Å². The van der Waals surface area contributed by atoms with Crippen LogP contribution in [0.5, 0.6) is 11.5 Å². The molecule has 0 unspecified atom stereocenters. The van der Waals surface area contributed by atoms with Crippen molar-refractivity contribution >= 4 is 21.7 Å². The number of rotatable bonds is 0. The summed E-state index contributed by atoms with van der Waals surface area (Å²) >= 11 is 0. The van der Waals surface area contributed by atoms with Crippen molar-refractivity contribution in [1.82, 2.24) is 4.98 Å². The molecule has 1 aromatic heterocycles. The average Bonchev–Trinajstić information content (AvgIpc) is 2.88. The minimum absolute atomic E-state index is 0.109. The van der Waals surface area contributed by atoms with E-state index in [4.69, 9.17) is 9.47 Å². The summed E-state index contributed by atoms with van der Waals surface area (Å²) in [7, 11) is 0. The van der Waals surface area contributed by atoms with Gasteiger partial charge in [0.15, 0.2) is 11.5 Å². The summed E-state index contributed by atoms with van der Waals surface area (Å²) in [6.45, 7) is 0.198. The Morgan fingerprint density at radius 3 is 2.67 bits per heavy atom. The number of ether oxygens (including phenoxy) is 2. The molecule has 88 valence electrons. The van der Waals surface area contributed by atoms with Crippen molar-refractivity contribution in [2.45, 2.75) is 0 Å². The van der Waals surface area contributed by atoms with Crippen LogP contribution < -0.4 is 15.0 Å².